The molecular formula is C20H27N3O. The van der Waals surface area contributed by atoms with Gasteiger partial charge in [-0.05, 0) is 49.2 Å². The molecular weight excluding hydrogens is 298 g/mol. The van der Waals surface area contributed by atoms with Gasteiger partial charge in [-0.1, -0.05) is 18.2 Å². The highest BCUT2D eigenvalue weighted by molar-refractivity contribution is 5.28. The van der Waals surface area contributed by atoms with Crippen molar-refractivity contribution in [1.29, 1.82) is 0 Å². The molecule has 0 spiro atoms. The summed E-state index contributed by atoms with van der Waals surface area (Å²) in [5.41, 5.74) is 2.53. The maximum Gasteiger partial charge on any atom is 0.119 e. The molecule has 4 nitrogen and oxygen atoms in total. The molecule has 2 heterocycles. The highest BCUT2D eigenvalue weighted by Gasteiger charge is 2.16. The van der Waals surface area contributed by atoms with Crippen molar-refractivity contribution in [3.8, 4) is 5.75 Å². The van der Waals surface area contributed by atoms with Gasteiger partial charge in [-0.3, -0.25) is 9.88 Å². The second-order valence-electron chi connectivity index (χ2n) is 6.39. The fourth-order valence-electron chi connectivity index (χ4n) is 3.23. The molecule has 1 aromatic carbocycles. The molecule has 0 saturated carbocycles. The van der Waals surface area contributed by atoms with Gasteiger partial charge in [0.1, 0.15) is 5.75 Å². The standard InChI is InChI=1S/C20H27N3O/c1-24-20-9-4-6-18(16-20)7-5-11-22-12-14-23(15-13-22)17-19-8-2-3-10-21-19/h2-4,6,8-10,16H,5,7,11-15,17H2,1H3. The zero-order valence-electron chi connectivity index (χ0n) is 14.5. The number of piperazine rings is 1. The Bertz CT molecular complexity index is 609. The summed E-state index contributed by atoms with van der Waals surface area (Å²) in [4.78, 5) is 9.50. The average molecular weight is 325 g/mol. The third kappa shape index (κ3) is 5.05. The molecule has 1 saturated heterocycles. The number of benzene rings is 1. The van der Waals surface area contributed by atoms with Crippen molar-refractivity contribution in [1.82, 2.24) is 14.8 Å². The zero-order chi connectivity index (χ0) is 16.6. The Morgan fingerprint density at radius 2 is 1.83 bits per heavy atom. The highest BCUT2D eigenvalue weighted by atomic mass is 16.5. The van der Waals surface area contributed by atoms with Crippen LogP contribution < -0.4 is 4.74 Å². The van der Waals surface area contributed by atoms with Crippen LogP contribution in [-0.4, -0.2) is 54.6 Å². The summed E-state index contributed by atoms with van der Waals surface area (Å²) in [5, 5.41) is 0. The summed E-state index contributed by atoms with van der Waals surface area (Å²) < 4.78 is 5.29. The summed E-state index contributed by atoms with van der Waals surface area (Å²) in [6.45, 7) is 6.73. The zero-order valence-corrected chi connectivity index (χ0v) is 14.5. The van der Waals surface area contributed by atoms with Gasteiger partial charge < -0.3 is 9.64 Å². The van der Waals surface area contributed by atoms with Crippen LogP contribution in [0, 0.1) is 0 Å². The summed E-state index contributed by atoms with van der Waals surface area (Å²) in [5.74, 6) is 0.954. The lowest BCUT2D eigenvalue weighted by atomic mass is 10.1. The van der Waals surface area contributed by atoms with E-state index in [-0.39, 0.29) is 0 Å². The van der Waals surface area contributed by atoms with Crippen LogP contribution in [0.25, 0.3) is 0 Å². The van der Waals surface area contributed by atoms with E-state index >= 15 is 0 Å². The number of methoxy groups -OCH3 is 1. The fraction of sp³-hybridized carbons (Fsp3) is 0.450. The first kappa shape index (κ1) is 16.9. The second kappa shape index (κ2) is 8.81. The molecule has 2 aromatic rings. The largest absolute Gasteiger partial charge is 0.497 e. The van der Waals surface area contributed by atoms with Crippen LogP contribution >= 0.6 is 0 Å². The molecule has 1 fully saturated rings. The van der Waals surface area contributed by atoms with E-state index < -0.39 is 0 Å². The quantitative estimate of drug-likeness (QED) is 0.783. The summed E-state index contributed by atoms with van der Waals surface area (Å²) in [7, 11) is 1.73. The number of rotatable bonds is 7. The van der Waals surface area contributed by atoms with E-state index in [4.69, 9.17) is 4.74 Å². The number of hydrogen-bond donors (Lipinski definition) is 0. The number of nitrogens with zero attached hydrogens (tertiary/aromatic N) is 3. The summed E-state index contributed by atoms with van der Waals surface area (Å²) in [6, 6.07) is 14.6. The van der Waals surface area contributed by atoms with Gasteiger partial charge >= 0.3 is 0 Å². The third-order valence-electron chi connectivity index (χ3n) is 4.65. The molecule has 1 aromatic heterocycles. The molecule has 0 N–H and O–H groups in total. The first-order valence-corrected chi connectivity index (χ1v) is 8.81. The molecule has 0 unspecified atom stereocenters. The average Bonchev–Trinajstić information content (AvgIpc) is 2.64. The number of aryl methyl sites for hydroxylation is 1. The Morgan fingerprint density at radius 3 is 2.58 bits per heavy atom. The molecule has 0 bridgehead atoms. The normalized spacial score (nSPS) is 16.2. The van der Waals surface area contributed by atoms with E-state index in [2.05, 4.69) is 45.1 Å². The van der Waals surface area contributed by atoms with Crippen LogP contribution in [0.1, 0.15) is 17.7 Å². The van der Waals surface area contributed by atoms with Crippen LogP contribution in [0.5, 0.6) is 5.75 Å². The monoisotopic (exact) mass is 325 g/mol. The van der Waals surface area contributed by atoms with E-state index in [1.807, 2.05) is 18.3 Å². The topological polar surface area (TPSA) is 28.6 Å². The molecule has 0 amide bonds. The van der Waals surface area contributed by atoms with Crippen molar-refractivity contribution in [2.75, 3.05) is 39.8 Å². The predicted molar refractivity (Wildman–Crippen MR) is 97.3 cm³/mol. The molecule has 24 heavy (non-hydrogen) atoms. The number of pyridine rings is 1. The van der Waals surface area contributed by atoms with Crippen molar-refractivity contribution in [3.05, 3.63) is 59.9 Å². The van der Waals surface area contributed by atoms with Gasteiger partial charge in [0.25, 0.3) is 0 Å². The van der Waals surface area contributed by atoms with E-state index in [9.17, 15) is 0 Å². The number of aromatic nitrogens is 1. The third-order valence-corrected chi connectivity index (χ3v) is 4.65. The Labute approximate surface area is 145 Å². The lowest BCUT2D eigenvalue weighted by molar-refractivity contribution is 0.125. The Balaban J connectivity index is 1.36. The van der Waals surface area contributed by atoms with Crippen molar-refractivity contribution < 1.29 is 4.74 Å². The van der Waals surface area contributed by atoms with Crippen molar-refractivity contribution >= 4 is 0 Å². The number of hydrogen-bond acceptors (Lipinski definition) is 4. The minimum absolute atomic E-state index is 0.954. The minimum Gasteiger partial charge on any atom is -0.497 e. The van der Waals surface area contributed by atoms with E-state index in [0.29, 0.717) is 0 Å². The lowest BCUT2D eigenvalue weighted by Gasteiger charge is -2.34. The second-order valence-corrected chi connectivity index (χ2v) is 6.39. The van der Waals surface area contributed by atoms with Gasteiger partial charge in [-0.25, -0.2) is 0 Å². The molecule has 0 atom stereocenters. The molecule has 0 aliphatic carbocycles. The van der Waals surface area contributed by atoms with Gasteiger partial charge in [0, 0.05) is 38.9 Å². The van der Waals surface area contributed by atoms with Crippen LogP contribution in [-0.2, 0) is 13.0 Å². The Kier molecular flexibility index (Phi) is 6.21. The van der Waals surface area contributed by atoms with Gasteiger partial charge in [0.2, 0.25) is 0 Å². The Morgan fingerprint density at radius 1 is 1.00 bits per heavy atom. The molecule has 0 radical (unpaired) electrons. The summed E-state index contributed by atoms with van der Waals surface area (Å²) in [6.07, 6.45) is 4.20. The maximum atomic E-state index is 5.29. The van der Waals surface area contributed by atoms with Gasteiger partial charge in [0.05, 0.1) is 12.8 Å². The van der Waals surface area contributed by atoms with E-state index in [1.165, 1.54) is 24.2 Å². The SMILES string of the molecule is COc1cccc(CCCN2CCN(Cc3ccccn3)CC2)c1. The van der Waals surface area contributed by atoms with Crippen LogP contribution in [0.3, 0.4) is 0 Å². The van der Waals surface area contributed by atoms with E-state index in [1.54, 1.807) is 7.11 Å². The van der Waals surface area contributed by atoms with Crippen molar-refractivity contribution in [3.63, 3.8) is 0 Å². The predicted octanol–water partition coefficient (Wildman–Crippen LogP) is 2.84. The summed E-state index contributed by atoms with van der Waals surface area (Å²) >= 11 is 0. The van der Waals surface area contributed by atoms with Crippen LogP contribution in [0.4, 0.5) is 0 Å². The molecule has 128 valence electrons. The molecule has 4 heteroatoms. The maximum absolute atomic E-state index is 5.29. The van der Waals surface area contributed by atoms with Gasteiger partial charge in [-0.15, -0.1) is 0 Å². The minimum atomic E-state index is 0.954. The van der Waals surface area contributed by atoms with Crippen molar-refractivity contribution in [2.45, 2.75) is 19.4 Å². The smallest absolute Gasteiger partial charge is 0.119 e. The lowest BCUT2D eigenvalue weighted by Crippen LogP contribution is -2.46. The first-order valence-electron chi connectivity index (χ1n) is 8.81. The fourth-order valence-corrected chi connectivity index (χ4v) is 3.23. The van der Waals surface area contributed by atoms with Crippen LogP contribution in [0.15, 0.2) is 48.7 Å². The van der Waals surface area contributed by atoms with E-state index in [0.717, 1.165) is 44.9 Å². The highest BCUT2D eigenvalue weighted by Crippen LogP contribution is 2.14. The van der Waals surface area contributed by atoms with Gasteiger partial charge in [-0.2, -0.15) is 0 Å². The first-order chi connectivity index (χ1) is 11.8. The molecule has 1 aliphatic heterocycles. The molecule has 3 rings (SSSR count). The van der Waals surface area contributed by atoms with Crippen molar-refractivity contribution in [2.24, 2.45) is 0 Å². The van der Waals surface area contributed by atoms with Crippen LogP contribution in [0.2, 0.25) is 0 Å². The number of ether oxygens (including phenoxy) is 1. The van der Waals surface area contributed by atoms with Gasteiger partial charge in [0.15, 0.2) is 0 Å². The Hall–Kier alpha value is -1.91. The molecule has 1 aliphatic rings.